The molecule has 0 unspecified atom stereocenters. The van der Waals surface area contributed by atoms with Crippen LogP contribution in [0, 0.1) is 0 Å². The molecule has 100 valence electrons. The maximum Gasteiger partial charge on any atom is 0.269 e. The van der Waals surface area contributed by atoms with Crippen LogP contribution in [0.15, 0.2) is 35.7 Å². The standard InChI is InChI=1S/C14H16N2O2S/c1-15-9-10-5-3-4-6-11(10)16-14(17)13-12(18-2)7-8-19-13/h3-8,15H,9H2,1-2H3,(H,16,17). The van der Waals surface area contributed by atoms with Crippen LogP contribution in [0.1, 0.15) is 15.2 Å². The lowest BCUT2D eigenvalue weighted by molar-refractivity contribution is 0.102. The second-order valence-electron chi connectivity index (χ2n) is 3.96. The van der Waals surface area contributed by atoms with Crippen LogP contribution in [0.5, 0.6) is 5.75 Å². The molecule has 0 bridgehead atoms. The monoisotopic (exact) mass is 276 g/mol. The number of hydrogen-bond donors (Lipinski definition) is 2. The van der Waals surface area contributed by atoms with E-state index in [4.69, 9.17) is 4.74 Å². The topological polar surface area (TPSA) is 50.4 Å². The summed E-state index contributed by atoms with van der Waals surface area (Å²) in [6, 6.07) is 9.52. The van der Waals surface area contributed by atoms with E-state index in [1.54, 1.807) is 13.2 Å². The molecule has 2 N–H and O–H groups in total. The summed E-state index contributed by atoms with van der Waals surface area (Å²) in [5.41, 5.74) is 1.87. The van der Waals surface area contributed by atoms with Gasteiger partial charge in [0.25, 0.3) is 5.91 Å². The van der Waals surface area contributed by atoms with Gasteiger partial charge in [0.1, 0.15) is 10.6 Å². The van der Waals surface area contributed by atoms with Gasteiger partial charge in [0, 0.05) is 12.2 Å². The van der Waals surface area contributed by atoms with Crippen molar-refractivity contribution < 1.29 is 9.53 Å². The lowest BCUT2D eigenvalue weighted by atomic mass is 10.1. The number of thiophene rings is 1. The molecule has 0 spiro atoms. The van der Waals surface area contributed by atoms with Crippen molar-refractivity contribution >= 4 is 22.9 Å². The zero-order chi connectivity index (χ0) is 13.7. The Morgan fingerprint density at radius 3 is 2.84 bits per heavy atom. The fraction of sp³-hybridized carbons (Fsp3) is 0.214. The van der Waals surface area contributed by atoms with Gasteiger partial charge in [-0.05, 0) is 30.1 Å². The Bertz CT molecular complexity index is 566. The van der Waals surface area contributed by atoms with E-state index in [9.17, 15) is 4.79 Å². The van der Waals surface area contributed by atoms with Crippen molar-refractivity contribution in [3.8, 4) is 5.75 Å². The third-order valence-electron chi connectivity index (χ3n) is 2.69. The summed E-state index contributed by atoms with van der Waals surface area (Å²) in [7, 11) is 3.44. The van der Waals surface area contributed by atoms with Gasteiger partial charge in [-0.15, -0.1) is 11.3 Å². The fourth-order valence-electron chi connectivity index (χ4n) is 1.79. The zero-order valence-corrected chi connectivity index (χ0v) is 11.7. The van der Waals surface area contributed by atoms with Crippen LogP contribution in [0.3, 0.4) is 0 Å². The Morgan fingerprint density at radius 2 is 2.11 bits per heavy atom. The number of carbonyl (C=O) groups excluding carboxylic acids is 1. The van der Waals surface area contributed by atoms with E-state index >= 15 is 0 Å². The maximum atomic E-state index is 12.2. The van der Waals surface area contributed by atoms with Crippen LogP contribution < -0.4 is 15.4 Å². The Hall–Kier alpha value is -1.85. The lowest BCUT2D eigenvalue weighted by Gasteiger charge is -2.10. The third kappa shape index (κ3) is 3.13. The number of rotatable bonds is 5. The molecule has 0 radical (unpaired) electrons. The number of carbonyl (C=O) groups is 1. The molecule has 1 heterocycles. The van der Waals surface area contributed by atoms with Crippen LogP contribution in [0.4, 0.5) is 5.69 Å². The summed E-state index contributed by atoms with van der Waals surface area (Å²) in [6.45, 7) is 0.706. The summed E-state index contributed by atoms with van der Waals surface area (Å²) < 4.78 is 5.16. The van der Waals surface area contributed by atoms with E-state index in [0.717, 1.165) is 11.3 Å². The highest BCUT2D eigenvalue weighted by Crippen LogP contribution is 2.26. The highest BCUT2D eigenvalue weighted by Gasteiger charge is 2.15. The molecular weight excluding hydrogens is 260 g/mol. The van der Waals surface area contributed by atoms with Crippen molar-refractivity contribution in [1.29, 1.82) is 0 Å². The smallest absolute Gasteiger partial charge is 0.269 e. The van der Waals surface area contributed by atoms with Gasteiger partial charge in [-0.2, -0.15) is 0 Å². The summed E-state index contributed by atoms with van der Waals surface area (Å²) in [4.78, 5) is 12.8. The summed E-state index contributed by atoms with van der Waals surface area (Å²) >= 11 is 1.37. The van der Waals surface area contributed by atoms with Crippen molar-refractivity contribution in [2.75, 3.05) is 19.5 Å². The number of para-hydroxylation sites is 1. The number of amides is 1. The van der Waals surface area contributed by atoms with Gasteiger partial charge in [-0.25, -0.2) is 0 Å². The molecule has 0 aliphatic heterocycles. The van der Waals surface area contributed by atoms with E-state index in [1.807, 2.05) is 36.7 Å². The number of methoxy groups -OCH3 is 1. The molecule has 0 atom stereocenters. The average Bonchev–Trinajstić information content (AvgIpc) is 2.89. The molecule has 0 saturated carbocycles. The Morgan fingerprint density at radius 1 is 1.32 bits per heavy atom. The minimum Gasteiger partial charge on any atom is -0.495 e. The lowest BCUT2D eigenvalue weighted by Crippen LogP contribution is -2.14. The van der Waals surface area contributed by atoms with E-state index < -0.39 is 0 Å². The number of benzene rings is 1. The van der Waals surface area contributed by atoms with Crippen molar-refractivity contribution in [3.63, 3.8) is 0 Å². The first-order valence-electron chi connectivity index (χ1n) is 5.91. The van der Waals surface area contributed by atoms with E-state index in [2.05, 4.69) is 10.6 Å². The van der Waals surface area contributed by atoms with Crippen molar-refractivity contribution in [2.24, 2.45) is 0 Å². The molecule has 0 saturated heterocycles. The summed E-state index contributed by atoms with van der Waals surface area (Å²) in [5, 5.41) is 7.85. The van der Waals surface area contributed by atoms with Gasteiger partial charge in [-0.3, -0.25) is 4.79 Å². The SMILES string of the molecule is CNCc1ccccc1NC(=O)c1sccc1OC. The maximum absolute atomic E-state index is 12.2. The fourth-order valence-corrected chi connectivity index (χ4v) is 2.54. The van der Waals surface area contributed by atoms with E-state index in [-0.39, 0.29) is 5.91 Å². The molecule has 0 aliphatic rings. The Balaban J connectivity index is 2.19. The van der Waals surface area contributed by atoms with Gasteiger partial charge in [0.2, 0.25) is 0 Å². The summed E-state index contributed by atoms with van der Waals surface area (Å²) in [5.74, 6) is 0.462. The Kier molecular flexibility index (Phi) is 4.54. The van der Waals surface area contributed by atoms with Crippen molar-refractivity contribution in [3.05, 3.63) is 46.2 Å². The highest BCUT2D eigenvalue weighted by atomic mass is 32.1. The molecule has 5 heteroatoms. The first-order valence-corrected chi connectivity index (χ1v) is 6.79. The number of nitrogens with one attached hydrogen (secondary N) is 2. The van der Waals surface area contributed by atoms with E-state index in [1.165, 1.54) is 11.3 Å². The van der Waals surface area contributed by atoms with Gasteiger partial charge in [0.15, 0.2) is 0 Å². The van der Waals surface area contributed by atoms with Gasteiger partial charge < -0.3 is 15.4 Å². The van der Waals surface area contributed by atoms with Gasteiger partial charge >= 0.3 is 0 Å². The number of ether oxygens (including phenoxy) is 1. The van der Waals surface area contributed by atoms with E-state index in [0.29, 0.717) is 17.2 Å². The zero-order valence-electron chi connectivity index (χ0n) is 10.9. The molecule has 1 aromatic heterocycles. The normalized spacial score (nSPS) is 10.2. The van der Waals surface area contributed by atoms with Gasteiger partial charge in [-0.1, -0.05) is 18.2 Å². The first kappa shape index (κ1) is 13.6. The van der Waals surface area contributed by atoms with Crippen molar-refractivity contribution in [1.82, 2.24) is 5.32 Å². The van der Waals surface area contributed by atoms with Gasteiger partial charge in [0.05, 0.1) is 7.11 Å². The molecule has 2 aromatic rings. The van der Waals surface area contributed by atoms with Crippen LogP contribution >= 0.6 is 11.3 Å². The average molecular weight is 276 g/mol. The Labute approximate surface area is 116 Å². The molecule has 0 aliphatic carbocycles. The number of hydrogen-bond acceptors (Lipinski definition) is 4. The third-order valence-corrected chi connectivity index (χ3v) is 3.58. The predicted octanol–water partition coefficient (Wildman–Crippen LogP) is 2.73. The predicted molar refractivity (Wildman–Crippen MR) is 78.0 cm³/mol. The highest BCUT2D eigenvalue weighted by molar-refractivity contribution is 7.12. The van der Waals surface area contributed by atoms with Crippen LogP contribution in [0.25, 0.3) is 0 Å². The van der Waals surface area contributed by atoms with Crippen LogP contribution in [0.2, 0.25) is 0 Å². The second kappa shape index (κ2) is 6.36. The minimum absolute atomic E-state index is 0.143. The molecule has 1 aromatic carbocycles. The number of anilines is 1. The molecule has 1 amide bonds. The molecule has 4 nitrogen and oxygen atoms in total. The first-order chi connectivity index (χ1) is 9.26. The molecule has 19 heavy (non-hydrogen) atoms. The second-order valence-corrected chi connectivity index (χ2v) is 4.88. The minimum atomic E-state index is -0.143. The van der Waals surface area contributed by atoms with Crippen molar-refractivity contribution in [2.45, 2.75) is 6.54 Å². The summed E-state index contributed by atoms with van der Waals surface area (Å²) in [6.07, 6.45) is 0. The largest absolute Gasteiger partial charge is 0.495 e. The van der Waals surface area contributed by atoms with Crippen LogP contribution in [-0.2, 0) is 6.54 Å². The molecule has 2 rings (SSSR count). The van der Waals surface area contributed by atoms with Crippen LogP contribution in [-0.4, -0.2) is 20.1 Å². The molecular formula is C14H16N2O2S. The molecule has 0 fully saturated rings. The quantitative estimate of drug-likeness (QED) is 0.883.